The van der Waals surface area contributed by atoms with Crippen LogP contribution in [0.15, 0.2) is 61.1 Å². The van der Waals surface area contributed by atoms with E-state index in [2.05, 4.69) is 46.1 Å². The Morgan fingerprint density at radius 2 is 1.97 bits per heavy atom. The first-order chi connectivity index (χ1) is 15.2. The molecular formula is C25H25N5O. The van der Waals surface area contributed by atoms with Gasteiger partial charge in [-0.3, -0.25) is 0 Å². The van der Waals surface area contributed by atoms with E-state index in [0.717, 1.165) is 53.7 Å². The van der Waals surface area contributed by atoms with E-state index >= 15 is 0 Å². The van der Waals surface area contributed by atoms with E-state index in [0.29, 0.717) is 5.92 Å². The zero-order valence-electron chi connectivity index (χ0n) is 17.8. The monoisotopic (exact) mass is 411 g/mol. The number of nitrogens with zero attached hydrogens (tertiary/aromatic N) is 5. The van der Waals surface area contributed by atoms with Gasteiger partial charge in [-0.2, -0.15) is 5.10 Å². The molecule has 156 valence electrons. The predicted molar refractivity (Wildman–Crippen MR) is 121 cm³/mol. The van der Waals surface area contributed by atoms with Crippen molar-refractivity contribution in [2.45, 2.75) is 32.2 Å². The van der Waals surface area contributed by atoms with E-state index in [4.69, 9.17) is 14.8 Å². The fourth-order valence-electron chi connectivity index (χ4n) is 4.18. The third-order valence-corrected chi connectivity index (χ3v) is 5.71. The Morgan fingerprint density at radius 1 is 1.10 bits per heavy atom. The lowest BCUT2D eigenvalue weighted by atomic mass is 9.91. The highest BCUT2D eigenvalue weighted by molar-refractivity contribution is 5.69. The Morgan fingerprint density at radius 3 is 2.74 bits per heavy atom. The predicted octanol–water partition coefficient (Wildman–Crippen LogP) is 4.88. The summed E-state index contributed by atoms with van der Waals surface area (Å²) in [6.07, 6.45) is 10.0. The van der Waals surface area contributed by atoms with Crippen LogP contribution in [0, 0.1) is 6.92 Å². The van der Waals surface area contributed by atoms with Crippen molar-refractivity contribution in [2.24, 2.45) is 0 Å². The number of hydrogen-bond donors (Lipinski definition) is 0. The first kappa shape index (κ1) is 19.3. The van der Waals surface area contributed by atoms with Crippen molar-refractivity contribution in [3.05, 3.63) is 89.5 Å². The lowest BCUT2D eigenvalue weighted by molar-refractivity contribution is 0.413. The van der Waals surface area contributed by atoms with Gasteiger partial charge in [-0.15, -0.1) is 0 Å². The van der Waals surface area contributed by atoms with Crippen molar-refractivity contribution in [3.8, 4) is 11.4 Å². The fourth-order valence-corrected chi connectivity index (χ4v) is 4.18. The molecule has 0 radical (unpaired) electrons. The molecule has 6 nitrogen and oxygen atoms in total. The van der Waals surface area contributed by atoms with Crippen molar-refractivity contribution < 1.29 is 4.74 Å². The van der Waals surface area contributed by atoms with Gasteiger partial charge in [0, 0.05) is 18.7 Å². The number of rotatable bonds is 5. The van der Waals surface area contributed by atoms with Crippen LogP contribution in [0.1, 0.15) is 47.2 Å². The molecule has 1 atom stereocenters. The summed E-state index contributed by atoms with van der Waals surface area (Å²) in [6, 6.07) is 16.7. The topological polar surface area (TPSA) is 57.8 Å². The molecule has 2 aromatic heterocycles. The maximum Gasteiger partial charge on any atom is 0.174 e. The smallest absolute Gasteiger partial charge is 0.174 e. The first-order valence-corrected chi connectivity index (χ1v) is 10.6. The molecule has 1 aliphatic rings. The number of fused-ring (bicyclic) bond motifs is 1. The molecule has 6 heteroatoms. The number of methoxy groups -OCH3 is 1. The summed E-state index contributed by atoms with van der Waals surface area (Å²) >= 11 is 0. The largest absolute Gasteiger partial charge is 0.495 e. The van der Waals surface area contributed by atoms with Crippen LogP contribution in [0.3, 0.4) is 0 Å². The second-order valence-corrected chi connectivity index (χ2v) is 7.84. The summed E-state index contributed by atoms with van der Waals surface area (Å²) in [5.41, 5.74) is 4.27. The van der Waals surface area contributed by atoms with E-state index in [1.165, 1.54) is 5.56 Å². The zero-order valence-corrected chi connectivity index (χ0v) is 17.8. The van der Waals surface area contributed by atoms with E-state index in [1.807, 2.05) is 42.0 Å². The standard InChI is InChI=1S/C25H25N5O/c1-18-16-29(17-26-18)22-12-10-19(15-23(22)31-2)11-13-24-27-25-21(9-6-14-30(25)28-24)20-7-4-3-5-8-20/h3-5,7-8,10-13,15-17,21H,6,9,14H2,1-2H3/b13-11+. The molecule has 0 bridgehead atoms. The highest BCUT2D eigenvalue weighted by atomic mass is 16.5. The van der Waals surface area contributed by atoms with E-state index in [1.54, 1.807) is 13.4 Å². The Kier molecular flexibility index (Phi) is 5.12. The molecule has 0 N–H and O–H groups in total. The van der Waals surface area contributed by atoms with Crippen LogP contribution >= 0.6 is 0 Å². The Labute approximate surface area is 181 Å². The van der Waals surface area contributed by atoms with Crippen LogP contribution in [0.5, 0.6) is 5.75 Å². The second kappa shape index (κ2) is 8.22. The maximum atomic E-state index is 5.61. The normalized spacial score (nSPS) is 15.9. The summed E-state index contributed by atoms with van der Waals surface area (Å²) in [6.45, 7) is 2.90. The number of hydrogen-bond acceptors (Lipinski definition) is 4. The molecule has 0 saturated heterocycles. The highest BCUT2D eigenvalue weighted by Crippen LogP contribution is 2.32. The number of ether oxygens (including phenoxy) is 1. The molecule has 1 aliphatic heterocycles. The van der Waals surface area contributed by atoms with Crippen molar-refractivity contribution in [1.29, 1.82) is 0 Å². The van der Waals surface area contributed by atoms with Gasteiger partial charge < -0.3 is 9.30 Å². The minimum absolute atomic E-state index is 0.308. The highest BCUT2D eigenvalue weighted by Gasteiger charge is 2.25. The van der Waals surface area contributed by atoms with E-state index in [9.17, 15) is 0 Å². The molecule has 31 heavy (non-hydrogen) atoms. The third-order valence-electron chi connectivity index (χ3n) is 5.71. The van der Waals surface area contributed by atoms with Crippen molar-refractivity contribution in [1.82, 2.24) is 24.3 Å². The number of benzene rings is 2. The van der Waals surface area contributed by atoms with Crippen LogP contribution in [0.2, 0.25) is 0 Å². The molecule has 0 spiro atoms. The first-order valence-electron chi connectivity index (χ1n) is 10.6. The maximum absolute atomic E-state index is 5.61. The summed E-state index contributed by atoms with van der Waals surface area (Å²) in [5.74, 6) is 2.90. The number of aryl methyl sites for hydroxylation is 2. The van der Waals surface area contributed by atoms with Gasteiger partial charge in [-0.25, -0.2) is 14.6 Å². The van der Waals surface area contributed by atoms with Crippen molar-refractivity contribution in [3.63, 3.8) is 0 Å². The summed E-state index contributed by atoms with van der Waals surface area (Å²) in [5, 5.41) is 4.73. The van der Waals surface area contributed by atoms with Crippen molar-refractivity contribution in [2.75, 3.05) is 7.11 Å². The Hall–Kier alpha value is -3.67. The summed E-state index contributed by atoms with van der Waals surface area (Å²) in [7, 11) is 1.69. The molecule has 3 heterocycles. The van der Waals surface area contributed by atoms with Crippen LogP contribution < -0.4 is 4.74 Å². The van der Waals surface area contributed by atoms with Gasteiger partial charge in [0.2, 0.25) is 0 Å². The Bertz CT molecular complexity index is 1220. The van der Waals surface area contributed by atoms with Crippen LogP contribution in [-0.2, 0) is 6.54 Å². The molecule has 0 saturated carbocycles. The quantitative estimate of drug-likeness (QED) is 0.470. The molecule has 4 aromatic rings. The number of imidazole rings is 1. The summed E-state index contributed by atoms with van der Waals surface area (Å²) < 4.78 is 9.64. The molecule has 2 aromatic carbocycles. The molecule has 0 amide bonds. The van der Waals surface area contributed by atoms with Gasteiger partial charge in [-0.1, -0.05) is 42.5 Å². The van der Waals surface area contributed by atoms with Gasteiger partial charge in [0.25, 0.3) is 0 Å². The molecule has 5 rings (SSSR count). The second-order valence-electron chi connectivity index (χ2n) is 7.84. The fraction of sp³-hybridized carbons (Fsp3) is 0.240. The van der Waals surface area contributed by atoms with Gasteiger partial charge >= 0.3 is 0 Å². The zero-order chi connectivity index (χ0) is 21.2. The average Bonchev–Trinajstić information content (AvgIpc) is 3.43. The Balaban J connectivity index is 1.41. The average molecular weight is 412 g/mol. The molecule has 1 unspecified atom stereocenters. The lowest BCUT2D eigenvalue weighted by Gasteiger charge is -2.22. The molecule has 0 aliphatic carbocycles. The van der Waals surface area contributed by atoms with Gasteiger partial charge in [-0.05, 0) is 49.1 Å². The van der Waals surface area contributed by atoms with Crippen molar-refractivity contribution >= 4 is 12.2 Å². The summed E-state index contributed by atoms with van der Waals surface area (Å²) in [4.78, 5) is 9.16. The van der Waals surface area contributed by atoms with Gasteiger partial charge in [0.1, 0.15) is 11.6 Å². The van der Waals surface area contributed by atoms with Gasteiger partial charge in [0.05, 0.1) is 24.8 Å². The van der Waals surface area contributed by atoms with E-state index in [-0.39, 0.29) is 0 Å². The van der Waals surface area contributed by atoms with Crippen LogP contribution in [0.25, 0.3) is 17.8 Å². The number of aromatic nitrogens is 5. The van der Waals surface area contributed by atoms with Crippen LogP contribution in [-0.4, -0.2) is 31.4 Å². The minimum atomic E-state index is 0.308. The van der Waals surface area contributed by atoms with E-state index < -0.39 is 0 Å². The van der Waals surface area contributed by atoms with Gasteiger partial charge in [0.15, 0.2) is 5.82 Å². The minimum Gasteiger partial charge on any atom is -0.495 e. The molecular weight excluding hydrogens is 386 g/mol. The van der Waals surface area contributed by atoms with Crippen LogP contribution in [0.4, 0.5) is 0 Å². The lowest BCUT2D eigenvalue weighted by Crippen LogP contribution is -2.17. The third kappa shape index (κ3) is 3.89. The molecule has 0 fully saturated rings. The SMILES string of the molecule is COc1cc(/C=C/c2nc3n(n2)CCCC3c2ccccc2)ccc1-n1cnc(C)c1.